The summed E-state index contributed by atoms with van der Waals surface area (Å²) in [4.78, 5) is 25.5. The molecule has 4 rings (SSSR count). The maximum absolute atomic E-state index is 11.5. The van der Waals surface area contributed by atoms with E-state index < -0.39 is 0 Å². The average molecular weight is 442 g/mol. The average Bonchev–Trinajstić information content (AvgIpc) is 2.78. The van der Waals surface area contributed by atoms with E-state index in [1.165, 1.54) is 18.7 Å². The summed E-state index contributed by atoms with van der Waals surface area (Å²) in [5.41, 5.74) is 3.89. The van der Waals surface area contributed by atoms with Crippen molar-refractivity contribution in [2.75, 3.05) is 20.0 Å². The number of nitrogens with zero attached hydrogens (tertiary/aromatic N) is 3. The van der Waals surface area contributed by atoms with E-state index in [2.05, 4.69) is 16.0 Å². The number of ether oxygens (including phenoxy) is 3. The minimum absolute atomic E-state index is 0.0924. The minimum atomic E-state index is -0.237. The Hall–Kier alpha value is -2.61. The number of aliphatic imine (C=N–C) groups is 1. The van der Waals surface area contributed by atoms with Crippen molar-refractivity contribution in [1.29, 1.82) is 0 Å². The standard InChI is InChI=1S/C23H27N3O4S/c1-5-29-21-9-16-17-8-15(30-13(2)27)6-7-19(17)26-22(18(16)10-20(21)28-3)14-11-24-23(31-4)25-12-14/h9-12,15,17,19H,5-8H2,1-4H3/t15-,17-,19-/m1/s1. The molecule has 0 spiro atoms. The Kier molecular flexibility index (Phi) is 6.46. The van der Waals surface area contributed by atoms with Crippen LogP contribution in [-0.2, 0) is 9.53 Å². The molecule has 3 atom stereocenters. The largest absolute Gasteiger partial charge is 0.493 e. The molecule has 1 aliphatic heterocycles. The second kappa shape index (κ2) is 9.26. The highest BCUT2D eigenvalue weighted by atomic mass is 32.2. The molecule has 1 aliphatic carbocycles. The van der Waals surface area contributed by atoms with Gasteiger partial charge in [0.1, 0.15) is 6.10 Å². The van der Waals surface area contributed by atoms with Gasteiger partial charge in [0.2, 0.25) is 0 Å². The van der Waals surface area contributed by atoms with E-state index >= 15 is 0 Å². The van der Waals surface area contributed by atoms with Crippen molar-refractivity contribution in [3.8, 4) is 11.5 Å². The molecule has 0 unspecified atom stereocenters. The zero-order valence-electron chi connectivity index (χ0n) is 18.3. The number of fused-ring (bicyclic) bond motifs is 3. The molecular weight excluding hydrogens is 414 g/mol. The van der Waals surface area contributed by atoms with Crippen LogP contribution >= 0.6 is 11.8 Å². The number of carbonyl (C=O) groups excluding carboxylic acids is 1. The second-order valence-electron chi connectivity index (χ2n) is 7.68. The van der Waals surface area contributed by atoms with Crippen molar-refractivity contribution in [1.82, 2.24) is 9.97 Å². The van der Waals surface area contributed by atoms with E-state index in [0.29, 0.717) is 18.1 Å². The molecule has 8 heteroatoms. The van der Waals surface area contributed by atoms with E-state index in [9.17, 15) is 4.79 Å². The summed E-state index contributed by atoms with van der Waals surface area (Å²) in [6, 6.07) is 4.17. The molecule has 2 aliphatic rings. The summed E-state index contributed by atoms with van der Waals surface area (Å²) in [6.45, 7) is 3.97. The lowest BCUT2D eigenvalue weighted by Gasteiger charge is -2.38. The molecule has 1 aromatic heterocycles. The van der Waals surface area contributed by atoms with Crippen molar-refractivity contribution in [3.63, 3.8) is 0 Å². The fourth-order valence-electron chi connectivity index (χ4n) is 4.47. The highest BCUT2D eigenvalue weighted by molar-refractivity contribution is 7.98. The lowest BCUT2D eigenvalue weighted by molar-refractivity contribution is -0.148. The number of rotatable bonds is 6. The van der Waals surface area contributed by atoms with Gasteiger partial charge in [0.25, 0.3) is 0 Å². The van der Waals surface area contributed by atoms with E-state index in [1.807, 2.05) is 31.6 Å². The Morgan fingerprint density at radius 1 is 1.19 bits per heavy atom. The summed E-state index contributed by atoms with van der Waals surface area (Å²) in [5, 5.41) is 0.726. The van der Waals surface area contributed by atoms with Crippen LogP contribution in [0.25, 0.3) is 0 Å². The third-order valence-electron chi connectivity index (χ3n) is 5.77. The zero-order valence-corrected chi connectivity index (χ0v) is 19.1. The van der Waals surface area contributed by atoms with Gasteiger partial charge in [-0.1, -0.05) is 11.8 Å². The maximum Gasteiger partial charge on any atom is 0.302 e. The lowest BCUT2D eigenvalue weighted by Crippen LogP contribution is -2.36. The van der Waals surface area contributed by atoms with Gasteiger partial charge in [-0.15, -0.1) is 0 Å². The Bertz CT molecular complexity index is 993. The first-order valence-corrected chi connectivity index (χ1v) is 11.7. The number of thioether (sulfide) groups is 1. The molecule has 1 fully saturated rings. The highest BCUT2D eigenvalue weighted by Crippen LogP contribution is 2.45. The van der Waals surface area contributed by atoms with Crippen molar-refractivity contribution < 1.29 is 19.0 Å². The van der Waals surface area contributed by atoms with Gasteiger partial charge in [0.15, 0.2) is 16.7 Å². The molecular formula is C23H27N3O4S. The number of methoxy groups -OCH3 is 1. The highest BCUT2D eigenvalue weighted by Gasteiger charge is 2.38. The molecule has 1 aromatic carbocycles. The van der Waals surface area contributed by atoms with Crippen LogP contribution in [0.5, 0.6) is 11.5 Å². The third-order valence-corrected chi connectivity index (χ3v) is 6.34. The van der Waals surface area contributed by atoms with Crippen LogP contribution in [0, 0.1) is 0 Å². The quantitative estimate of drug-likeness (QED) is 0.380. The maximum atomic E-state index is 11.5. The summed E-state index contributed by atoms with van der Waals surface area (Å²) < 4.78 is 17.0. The van der Waals surface area contributed by atoms with Gasteiger partial charge in [-0.25, -0.2) is 9.97 Å². The van der Waals surface area contributed by atoms with E-state index in [0.717, 1.165) is 46.8 Å². The Balaban J connectivity index is 1.80. The monoisotopic (exact) mass is 441 g/mol. The van der Waals surface area contributed by atoms with Crippen LogP contribution in [0.2, 0.25) is 0 Å². The fraction of sp³-hybridized carbons (Fsp3) is 0.478. The van der Waals surface area contributed by atoms with Crippen LogP contribution in [0.4, 0.5) is 0 Å². The molecule has 0 bridgehead atoms. The Labute approximate surface area is 186 Å². The lowest BCUT2D eigenvalue weighted by atomic mass is 9.74. The summed E-state index contributed by atoms with van der Waals surface area (Å²) in [6.07, 6.45) is 7.92. The molecule has 1 saturated carbocycles. The van der Waals surface area contributed by atoms with Gasteiger partial charge in [0.05, 0.1) is 25.5 Å². The molecule has 0 saturated heterocycles. The molecule has 2 aromatic rings. The summed E-state index contributed by atoms with van der Waals surface area (Å²) >= 11 is 1.51. The van der Waals surface area contributed by atoms with Gasteiger partial charge >= 0.3 is 5.97 Å². The molecule has 0 N–H and O–H groups in total. The predicted molar refractivity (Wildman–Crippen MR) is 120 cm³/mol. The molecule has 0 amide bonds. The van der Waals surface area contributed by atoms with Gasteiger partial charge in [-0.3, -0.25) is 9.79 Å². The number of hydrogen-bond donors (Lipinski definition) is 0. The molecule has 164 valence electrons. The van der Waals surface area contributed by atoms with Gasteiger partial charge in [0, 0.05) is 36.4 Å². The van der Waals surface area contributed by atoms with Crippen LogP contribution in [-0.4, -0.2) is 53.8 Å². The van der Waals surface area contributed by atoms with E-state index in [-0.39, 0.29) is 24.0 Å². The Morgan fingerprint density at radius 3 is 2.61 bits per heavy atom. The van der Waals surface area contributed by atoms with Crippen LogP contribution in [0.1, 0.15) is 55.7 Å². The zero-order chi connectivity index (χ0) is 22.0. The molecule has 0 radical (unpaired) electrons. The number of aromatic nitrogens is 2. The predicted octanol–water partition coefficient (Wildman–Crippen LogP) is 4.02. The third kappa shape index (κ3) is 4.39. The van der Waals surface area contributed by atoms with Crippen molar-refractivity contribution in [2.45, 2.75) is 56.3 Å². The van der Waals surface area contributed by atoms with Crippen LogP contribution in [0.15, 0.2) is 34.7 Å². The van der Waals surface area contributed by atoms with E-state index in [1.54, 1.807) is 7.11 Å². The SMILES string of the molecule is CCOc1cc2c(cc1OC)C(c1cnc(SC)nc1)=N[C@@H]1CC[C@@H](OC(C)=O)C[C@H]21. The van der Waals surface area contributed by atoms with Crippen molar-refractivity contribution in [3.05, 3.63) is 41.2 Å². The number of hydrogen-bond acceptors (Lipinski definition) is 8. The first kappa shape index (κ1) is 21.6. The first-order chi connectivity index (χ1) is 15.0. The van der Waals surface area contributed by atoms with E-state index in [4.69, 9.17) is 19.2 Å². The number of benzene rings is 1. The second-order valence-corrected chi connectivity index (χ2v) is 8.45. The van der Waals surface area contributed by atoms with Crippen LogP contribution in [0.3, 0.4) is 0 Å². The van der Waals surface area contributed by atoms with Crippen LogP contribution < -0.4 is 9.47 Å². The smallest absolute Gasteiger partial charge is 0.302 e. The van der Waals surface area contributed by atoms with Gasteiger partial charge in [-0.2, -0.15) is 0 Å². The fourth-order valence-corrected chi connectivity index (χ4v) is 4.79. The molecule has 31 heavy (non-hydrogen) atoms. The van der Waals surface area contributed by atoms with Gasteiger partial charge in [-0.05, 0) is 50.1 Å². The topological polar surface area (TPSA) is 82.9 Å². The summed E-state index contributed by atoms with van der Waals surface area (Å²) in [7, 11) is 1.64. The van der Waals surface area contributed by atoms with Crippen molar-refractivity contribution in [2.24, 2.45) is 4.99 Å². The normalized spacial score (nSPS) is 22.1. The van der Waals surface area contributed by atoms with Crippen molar-refractivity contribution >= 4 is 23.4 Å². The van der Waals surface area contributed by atoms with Gasteiger partial charge < -0.3 is 14.2 Å². The molecule has 2 heterocycles. The minimum Gasteiger partial charge on any atom is -0.493 e. The Morgan fingerprint density at radius 2 is 1.97 bits per heavy atom. The summed E-state index contributed by atoms with van der Waals surface area (Å²) in [5.74, 6) is 1.29. The number of carbonyl (C=O) groups is 1. The number of esters is 1. The first-order valence-electron chi connectivity index (χ1n) is 10.5. The molecule has 7 nitrogen and oxygen atoms in total.